The fourth-order valence-corrected chi connectivity index (χ4v) is 3.19. The first-order valence-electron chi connectivity index (χ1n) is 7.11. The number of aryl methyl sites for hydroxylation is 2. The van der Waals surface area contributed by atoms with Crippen LogP contribution in [0.5, 0.6) is 0 Å². The molecule has 0 radical (unpaired) electrons. The van der Waals surface area contributed by atoms with Gasteiger partial charge >= 0.3 is 0 Å². The van der Waals surface area contributed by atoms with E-state index in [-0.39, 0.29) is 0 Å². The maximum Gasteiger partial charge on any atom is 0.112 e. The van der Waals surface area contributed by atoms with Gasteiger partial charge in [0.25, 0.3) is 0 Å². The largest absolute Gasteiger partial charge is 0.387 e. The molecule has 2 aromatic heterocycles. The molecule has 0 amide bonds. The highest BCUT2D eigenvalue weighted by Crippen LogP contribution is 2.25. The molecule has 1 N–H and O–H groups in total. The van der Waals surface area contributed by atoms with Gasteiger partial charge in [0.2, 0.25) is 0 Å². The van der Waals surface area contributed by atoms with Crippen LogP contribution in [0.4, 0.5) is 0 Å². The third kappa shape index (κ3) is 2.69. The van der Waals surface area contributed by atoms with E-state index >= 15 is 0 Å². The third-order valence-electron chi connectivity index (χ3n) is 3.55. The summed E-state index contributed by atoms with van der Waals surface area (Å²) in [7, 11) is 0. The molecule has 0 saturated heterocycles. The lowest BCUT2D eigenvalue weighted by Gasteiger charge is -2.11. The summed E-state index contributed by atoms with van der Waals surface area (Å²) < 4.78 is 6.09. The van der Waals surface area contributed by atoms with Crippen molar-refractivity contribution >= 4 is 22.6 Å². The highest BCUT2D eigenvalue weighted by atomic mass is 32.1. The molecule has 1 atom stereocenters. The third-order valence-corrected chi connectivity index (χ3v) is 4.47. The SMILES string of the molecule is CCCn1c(CC(O)c2snnc2C)nc2ccccc21. The summed E-state index contributed by atoms with van der Waals surface area (Å²) in [5.74, 6) is 0.915. The Morgan fingerprint density at radius 1 is 1.33 bits per heavy atom. The fourth-order valence-electron chi connectivity index (χ4n) is 2.56. The van der Waals surface area contributed by atoms with Crippen molar-refractivity contribution in [3.05, 3.63) is 40.7 Å². The molecule has 21 heavy (non-hydrogen) atoms. The lowest BCUT2D eigenvalue weighted by molar-refractivity contribution is 0.177. The maximum absolute atomic E-state index is 10.4. The maximum atomic E-state index is 10.4. The monoisotopic (exact) mass is 302 g/mol. The van der Waals surface area contributed by atoms with Crippen LogP contribution >= 0.6 is 11.5 Å². The first-order chi connectivity index (χ1) is 10.2. The molecule has 1 unspecified atom stereocenters. The van der Waals surface area contributed by atoms with Crippen molar-refractivity contribution < 1.29 is 5.11 Å². The molecular weight excluding hydrogens is 284 g/mol. The molecule has 0 aliphatic heterocycles. The van der Waals surface area contributed by atoms with Crippen LogP contribution in [0.2, 0.25) is 0 Å². The van der Waals surface area contributed by atoms with Gasteiger partial charge in [0, 0.05) is 13.0 Å². The Bertz CT molecular complexity index is 749. The summed E-state index contributed by atoms with van der Waals surface area (Å²) >= 11 is 1.25. The van der Waals surface area contributed by atoms with Crippen LogP contribution in [-0.4, -0.2) is 24.2 Å². The molecular formula is C15H18N4OS. The minimum Gasteiger partial charge on any atom is -0.387 e. The highest BCUT2D eigenvalue weighted by molar-refractivity contribution is 7.05. The zero-order valence-corrected chi connectivity index (χ0v) is 13.0. The minimum absolute atomic E-state index is 0.486. The van der Waals surface area contributed by atoms with Crippen LogP contribution in [-0.2, 0) is 13.0 Å². The molecule has 0 aliphatic rings. The average Bonchev–Trinajstić information content (AvgIpc) is 3.04. The number of aromatic nitrogens is 4. The van der Waals surface area contributed by atoms with Gasteiger partial charge < -0.3 is 9.67 Å². The number of hydrogen-bond acceptors (Lipinski definition) is 5. The highest BCUT2D eigenvalue weighted by Gasteiger charge is 2.19. The Balaban J connectivity index is 1.96. The van der Waals surface area contributed by atoms with Crippen LogP contribution in [0, 0.1) is 6.92 Å². The summed E-state index contributed by atoms with van der Waals surface area (Å²) in [4.78, 5) is 5.50. The van der Waals surface area contributed by atoms with E-state index in [1.54, 1.807) is 0 Å². The van der Waals surface area contributed by atoms with Crippen LogP contribution < -0.4 is 0 Å². The first-order valence-corrected chi connectivity index (χ1v) is 7.89. The van der Waals surface area contributed by atoms with Crippen LogP contribution in [0.25, 0.3) is 11.0 Å². The zero-order valence-electron chi connectivity index (χ0n) is 12.2. The quantitative estimate of drug-likeness (QED) is 0.787. The summed E-state index contributed by atoms with van der Waals surface area (Å²) in [5, 5.41) is 14.4. The molecule has 0 bridgehead atoms. The molecule has 2 heterocycles. The van der Waals surface area contributed by atoms with E-state index in [2.05, 4.69) is 32.1 Å². The number of nitrogens with zero attached hydrogens (tertiary/aromatic N) is 4. The van der Waals surface area contributed by atoms with Gasteiger partial charge in [-0.25, -0.2) is 4.98 Å². The average molecular weight is 302 g/mol. The molecule has 1 aromatic carbocycles. The number of benzene rings is 1. The second-order valence-electron chi connectivity index (χ2n) is 5.11. The van der Waals surface area contributed by atoms with Crippen molar-refractivity contribution in [1.82, 2.24) is 19.1 Å². The van der Waals surface area contributed by atoms with Crippen LogP contribution in [0.15, 0.2) is 24.3 Å². The van der Waals surface area contributed by atoms with Gasteiger partial charge in [-0.3, -0.25) is 0 Å². The smallest absolute Gasteiger partial charge is 0.112 e. The van der Waals surface area contributed by atoms with E-state index in [9.17, 15) is 5.11 Å². The van der Waals surface area contributed by atoms with Gasteiger partial charge in [-0.05, 0) is 37.0 Å². The van der Waals surface area contributed by atoms with Crippen LogP contribution in [0.3, 0.4) is 0 Å². The molecule has 0 saturated carbocycles. The number of rotatable bonds is 5. The molecule has 5 nitrogen and oxygen atoms in total. The summed E-state index contributed by atoms with van der Waals surface area (Å²) in [6.45, 7) is 4.92. The zero-order chi connectivity index (χ0) is 14.8. The molecule has 0 aliphatic carbocycles. The number of hydrogen-bond donors (Lipinski definition) is 1. The molecule has 0 fully saturated rings. The Hall–Kier alpha value is -1.79. The lowest BCUT2D eigenvalue weighted by Crippen LogP contribution is -2.09. The summed E-state index contributed by atoms with van der Waals surface area (Å²) in [6.07, 6.45) is 0.918. The predicted octanol–water partition coefficient (Wildman–Crippen LogP) is 2.88. The molecule has 0 spiro atoms. The van der Waals surface area contributed by atoms with E-state index in [0.29, 0.717) is 6.42 Å². The molecule has 6 heteroatoms. The van der Waals surface area contributed by atoms with Crippen molar-refractivity contribution in [3.8, 4) is 0 Å². The Morgan fingerprint density at radius 2 is 2.14 bits per heavy atom. The molecule has 3 aromatic rings. The van der Waals surface area contributed by atoms with Crippen molar-refractivity contribution in [2.45, 2.75) is 39.3 Å². The van der Waals surface area contributed by atoms with Crippen molar-refractivity contribution in [3.63, 3.8) is 0 Å². The number of aliphatic hydroxyl groups is 1. The van der Waals surface area contributed by atoms with E-state index in [4.69, 9.17) is 0 Å². The fraction of sp³-hybridized carbons (Fsp3) is 0.400. The van der Waals surface area contributed by atoms with Gasteiger partial charge in [-0.1, -0.05) is 23.5 Å². The Kier molecular flexibility index (Phi) is 3.98. The Morgan fingerprint density at radius 3 is 2.86 bits per heavy atom. The predicted molar refractivity (Wildman–Crippen MR) is 83.3 cm³/mol. The number of imidazole rings is 1. The van der Waals surface area contributed by atoms with Gasteiger partial charge in [0.05, 0.1) is 27.7 Å². The van der Waals surface area contributed by atoms with Gasteiger partial charge in [-0.2, -0.15) is 0 Å². The summed E-state index contributed by atoms with van der Waals surface area (Å²) in [5.41, 5.74) is 2.90. The van der Waals surface area contributed by atoms with Crippen molar-refractivity contribution in [1.29, 1.82) is 0 Å². The van der Waals surface area contributed by atoms with E-state index in [1.165, 1.54) is 11.5 Å². The lowest BCUT2D eigenvalue weighted by atomic mass is 10.2. The molecule has 3 rings (SSSR count). The second-order valence-corrected chi connectivity index (χ2v) is 5.90. The van der Waals surface area contributed by atoms with E-state index in [0.717, 1.165) is 40.4 Å². The first kappa shape index (κ1) is 14.2. The van der Waals surface area contributed by atoms with Crippen molar-refractivity contribution in [2.75, 3.05) is 0 Å². The topological polar surface area (TPSA) is 63.8 Å². The van der Waals surface area contributed by atoms with Crippen molar-refractivity contribution in [2.24, 2.45) is 0 Å². The number of para-hydroxylation sites is 2. The van der Waals surface area contributed by atoms with Gasteiger partial charge in [0.1, 0.15) is 5.82 Å². The van der Waals surface area contributed by atoms with Gasteiger partial charge in [0.15, 0.2) is 0 Å². The number of aliphatic hydroxyl groups excluding tert-OH is 1. The van der Waals surface area contributed by atoms with E-state index < -0.39 is 6.10 Å². The minimum atomic E-state index is -0.600. The van der Waals surface area contributed by atoms with Gasteiger partial charge in [-0.15, -0.1) is 5.10 Å². The van der Waals surface area contributed by atoms with E-state index in [1.807, 2.05) is 25.1 Å². The standard InChI is InChI=1S/C15H18N4OS/c1-3-8-19-12-7-5-4-6-11(12)16-14(19)9-13(20)15-10(2)17-18-21-15/h4-7,13,20H,3,8-9H2,1-2H3. The normalized spacial score (nSPS) is 12.9. The Labute approximate surface area is 127 Å². The summed E-state index contributed by atoms with van der Waals surface area (Å²) in [6, 6.07) is 8.10. The second kappa shape index (κ2) is 5.91. The molecule has 110 valence electrons. The number of fused-ring (bicyclic) bond motifs is 1. The van der Waals surface area contributed by atoms with Crippen LogP contribution in [0.1, 0.15) is 35.8 Å².